The molecule has 1 aromatic rings. The van der Waals surface area contributed by atoms with Crippen molar-refractivity contribution in [2.24, 2.45) is 4.99 Å². The van der Waals surface area contributed by atoms with Gasteiger partial charge in [0, 0.05) is 31.3 Å². The Labute approximate surface area is 135 Å². The van der Waals surface area contributed by atoms with Gasteiger partial charge >= 0.3 is 0 Å². The van der Waals surface area contributed by atoms with E-state index in [4.69, 9.17) is 9.47 Å². The van der Waals surface area contributed by atoms with Gasteiger partial charge < -0.3 is 20.1 Å². The van der Waals surface area contributed by atoms with Crippen LogP contribution in [0, 0.1) is 0 Å². The third-order valence-corrected chi connectivity index (χ3v) is 3.13. The van der Waals surface area contributed by atoms with E-state index in [2.05, 4.69) is 31.6 Å². The van der Waals surface area contributed by atoms with Crippen molar-refractivity contribution >= 4 is 21.9 Å². The molecule has 0 saturated heterocycles. The summed E-state index contributed by atoms with van der Waals surface area (Å²) >= 11 is 3.40. The van der Waals surface area contributed by atoms with Crippen molar-refractivity contribution in [1.82, 2.24) is 10.6 Å². The molecule has 0 aromatic heterocycles. The minimum atomic E-state index is 0.587. The molecule has 0 spiro atoms. The summed E-state index contributed by atoms with van der Waals surface area (Å²) in [5, 5.41) is 6.45. The molecule has 0 aliphatic rings. The molecule has 5 nitrogen and oxygen atoms in total. The van der Waals surface area contributed by atoms with Crippen molar-refractivity contribution in [2.45, 2.75) is 13.3 Å². The minimum absolute atomic E-state index is 0.587. The van der Waals surface area contributed by atoms with E-state index in [1.54, 1.807) is 7.11 Å². The maximum absolute atomic E-state index is 5.65. The highest BCUT2D eigenvalue weighted by Crippen LogP contribution is 2.15. The highest BCUT2D eigenvalue weighted by Gasteiger charge is 1.97. The summed E-state index contributed by atoms with van der Waals surface area (Å²) in [6, 6.07) is 7.80. The van der Waals surface area contributed by atoms with Gasteiger partial charge in [0.25, 0.3) is 0 Å². The van der Waals surface area contributed by atoms with Crippen LogP contribution in [0.1, 0.15) is 13.3 Å². The fourth-order valence-electron chi connectivity index (χ4n) is 1.61. The molecule has 6 heteroatoms. The number of rotatable bonds is 9. The second-order valence-electron chi connectivity index (χ2n) is 4.34. The van der Waals surface area contributed by atoms with Gasteiger partial charge in [0.05, 0.1) is 6.54 Å². The summed E-state index contributed by atoms with van der Waals surface area (Å²) in [5.41, 5.74) is 0. The van der Waals surface area contributed by atoms with Crippen LogP contribution in [0.2, 0.25) is 0 Å². The molecule has 0 aliphatic heterocycles. The quantitative estimate of drug-likeness (QED) is 0.404. The number of methoxy groups -OCH3 is 1. The number of ether oxygens (including phenoxy) is 2. The summed E-state index contributed by atoms with van der Waals surface area (Å²) in [5.74, 6) is 1.68. The van der Waals surface area contributed by atoms with Crippen molar-refractivity contribution in [2.75, 3.05) is 40.0 Å². The Balaban J connectivity index is 2.24. The molecule has 0 unspecified atom stereocenters. The molecule has 118 valence electrons. The fraction of sp³-hybridized carbons (Fsp3) is 0.533. The molecule has 0 amide bonds. The van der Waals surface area contributed by atoms with Crippen molar-refractivity contribution < 1.29 is 9.47 Å². The Morgan fingerprint density at radius 3 is 2.62 bits per heavy atom. The molecular formula is C15H24BrN3O2. The van der Waals surface area contributed by atoms with E-state index in [9.17, 15) is 0 Å². The smallest absolute Gasteiger partial charge is 0.191 e. The average Bonchev–Trinajstić information content (AvgIpc) is 2.49. The second kappa shape index (κ2) is 11.4. The number of nitrogens with one attached hydrogen (secondary N) is 2. The second-order valence-corrected chi connectivity index (χ2v) is 5.25. The SMILES string of the molecule is CCNC(=NCCCOC)NCCOc1ccc(Br)cc1. The molecule has 0 radical (unpaired) electrons. The lowest BCUT2D eigenvalue weighted by molar-refractivity contribution is 0.197. The van der Waals surface area contributed by atoms with Crippen molar-refractivity contribution in [3.05, 3.63) is 28.7 Å². The molecule has 0 heterocycles. The van der Waals surface area contributed by atoms with Crippen LogP contribution in [0.15, 0.2) is 33.7 Å². The van der Waals surface area contributed by atoms with Crippen LogP contribution in [0.3, 0.4) is 0 Å². The van der Waals surface area contributed by atoms with Gasteiger partial charge in [0.2, 0.25) is 0 Å². The first-order valence-electron chi connectivity index (χ1n) is 7.15. The van der Waals surface area contributed by atoms with Gasteiger partial charge in [-0.2, -0.15) is 0 Å². The van der Waals surface area contributed by atoms with Gasteiger partial charge in [0.15, 0.2) is 5.96 Å². The Morgan fingerprint density at radius 1 is 1.19 bits per heavy atom. The summed E-state index contributed by atoms with van der Waals surface area (Å²) in [7, 11) is 1.70. The molecule has 1 rings (SSSR count). The highest BCUT2D eigenvalue weighted by molar-refractivity contribution is 9.10. The number of hydrogen-bond acceptors (Lipinski definition) is 3. The van der Waals surface area contributed by atoms with Crippen LogP contribution in [0.25, 0.3) is 0 Å². The van der Waals surface area contributed by atoms with Crippen LogP contribution < -0.4 is 15.4 Å². The molecular weight excluding hydrogens is 334 g/mol. The average molecular weight is 358 g/mol. The van der Waals surface area contributed by atoms with Gasteiger partial charge in [-0.3, -0.25) is 4.99 Å². The number of hydrogen-bond donors (Lipinski definition) is 2. The van der Waals surface area contributed by atoms with Crippen LogP contribution in [-0.4, -0.2) is 45.9 Å². The first kappa shape index (κ1) is 17.8. The first-order valence-corrected chi connectivity index (χ1v) is 7.95. The topological polar surface area (TPSA) is 54.9 Å². The van der Waals surface area contributed by atoms with E-state index in [-0.39, 0.29) is 0 Å². The largest absolute Gasteiger partial charge is 0.492 e. The standard InChI is InChI=1S/C15H24BrN3O2/c1-3-17-15(18-9-4-11-20-2)19-10-12-21-14-7-5-13(16)6-8-14/h5-8H,3-4,9-12H2,1-2H3,(H2,17,18,19). The molecule has 1 aromatic carbocycles. The van der Waals surface area contributed by atoms with E-state index >= 15 is 0 Å². The molecule has 0 bridgehead atoms. The fourth-order valence-corrected chi connectivity index (χ4v) is 1.87. The van der Waals surface area contributed by atoms with Crippen LogP contribution in [0.4, 0.5) is 0 Å². The van der Waals surface area contributed by atoms with E-state index in [0.29, 0.717) is 13.2 Å². The Morgan fingerprint density at radius 2 is 1.95 bits per heavy atom. The predicted molar refractivity (Wildman–Crippen MR) is 90.1 cm³/mol. The summed E-state index contributed by atoms with van der Waals surface area (Å²) < 4.78 is 11.7. The lowest BCUT2D eigenvalue weighted by Crippen LogP contribution is -2.39. The van der Waals surface area contributed by atoms with Crippen LogP contribution in [-0.2, 0) is 4.74 Å². The van der Waals surface area contributed by atoms with Crippen LogP contribution >= 0.6 is 15.9 Å². The maximum Gasteiger partial charge on any atom is 0.191 e. The summed E-state index contributed by atoms with van der Waals surface area (Å²) in [6.07, 6.45) is 0.919. The van der Waals surface area contributed by atoms with E-state index in [0.717, 1.165) is 42.3 Å². The third-order valence-electron chi connectivity index (χ3n) is 2.60. The molecule has 0 aliphatic carbocycles. The minimum Gasteiger partial charge on any atom is -0.492 e. The van der Waals surface area contributed by atoms with Gasteiger partial charge in [-0.05, 0) is 37.6 Å². The van der Waals surface area contributed by atoms with Gasteiger partial charge in [-0.15, -0.1) is 0 Å². The molecule has 21 heavy (non-hydrogen) atoms. The van der Waals surface area contributed by atoms with E-state index in [1.165, 1.54) is 0 Å². The first-order chi connectivity index (χ1) is 10.3. The predicted octanol–water partition coefficient (Wildman–Crippen LogP) is 2.42. The normalized spacial score (nSPS) is 11.3. The van der Waals surface area contributed by atoms with Crippen molar-refractivity contribution in [1.29, 1.82) is 0 Å². The number of nitrogens with zero attached hydrogens (tertiary/aromatic N) is 1. The zero-order valence-electron chi connectivity index (χ0n) is 12.7. The lowest BCUT2D eigenvalue weighted by atomic mass is 10.3. The zero-order chi connectivity index (χ0) is 15.3. The Kier molecular flexibility index (Phi) is 9.65. The molecule has 0 saturated carbocycles. The van der Waals surface area contributed by atoms with Gasteiger partial charge in [-0.1, -0.05) is 15.9 Å². The number of benzene rings is 1. The van der Waals surface area contributed by atoms with Crippen molar-refractivity contribution in [3.63, 3.8) is 0 Å². The Bertz CT molecular complexity index is 410. The monoisotopic (exact) mass is 357 g/mol. The number of halogens is 1. The highest BCUT2D eigenvalue weighted by atomic mass is 79.9. The van der Waals surface area contributed by atoms with E-state index in [1.807, 2.05) is 31.2 Å². The molecule has 0 fully saturated rings. The number of guanidine groups is 1. The van der Waals surface area contributed by atoms with Crippen molar-refractivity contribution in [3.8, 4) is 5.75 Å². The Hall–Kier alpha value is -1.27. The molecule has 2 N–H and O–H groups in total. The summed E-state index contributed by atoms with van der Waals surface area (Å²) in [6.45, 7) is 5.65. The lowest BCUT2D eigenvalue weighted by Gasteiger charge is -2.12. The van der Waals surface area contributed by atoms with Crippen LogP contribution in [0.5, 0.6) is 5.75 Å². The van der Waals surface area contributed by atoms with Gasteiger partial charge in [0.1, 0.15) is 12.4 Å². The summed E-state index contributed by atoms with van der Waals surface area (Å²) in [4.78, 5) is 4.46. The van der Waals surface area contributed by atoms with Gasteiger partial charge in [-0.25, -0.2) is 0 Å². The zero-order valence-corrected chi connectivity index (χ0v) is 14.3. The molecule has 0 atom stereocenters. The van der Waals surface area contributed by atoms with E-state index < -0.39 is 0 Å². The maximum atomic E-state index is 5.65. The third kappa shape index (κ3) is 8.57. The number of aliphatic imine (C=N–C) groups is 1.